The number of hydrogen-bond donors (Lipinski definition) is 1. The van der Waals surface area contributed by atoms with Gasteiger partial charge in [-0.2, -0.15) is 0 Å². The summed E-state index contributed by atoms with van der Waals surface area (Å²) in [4.78, 5) is 0.509. The Bertz CT molecular complexity index is 1040. The van der Waals surface area contributed by atoms with E-state index < -0.39 is 85.3 Å². The predicted octanol–water partition coefficient (Wildman–Crippen LogP) is 3.04. The topological polar surface area (TPSA) is 32.7 Å². The Morgan fingerprint density at radius 3 is 2.50 bits per heavy atom. The van der Waals surface area contributed by atoms with E-state index in [4.69, 9.17) is 26.7 Å². The monoisotopic (exact) mass is 294 g/mol. The molecule has 0 amide bonds. The van der Waals surface area contributed by atoms with Crippen molar-refractivity contribution in [1.82, 2.24) is 4.90 Å². The zero-order chi connectivity index (χ0) is 29.7. The highest BCUT2D eigenvalue weighted by Gasteiger charge is 2.38. The second-order valence-corrected chi connectivity index (χ2v) is 4.12. The van der Waals surface area contributed by atoms with Crippen LogP contribution in [0, 0.1) is 0 Å². The number of aliphatic hydroxyl groups is 1. The van der Waals surface area contributed by atoms with Crippen molar-refractivity contribution in [1.29, 1.82) is 0 Å². The van der Waals surface area contributed by atoms with Crippen molar-refractivity contribution < 1.29 is 33.1 Å². The Kier molecular flexibility index (Phi) is 1.47. The summed E-state index contributed by atoms with van der Waals surface area (Å²) in [6, 6.07) is -4.58. The molecule has 0 aromatic heterocycles. The molecular formula is C17H27NO2. The lowest BCUT2D eigenvalue weighted by atomic mass is 9.72. The Balaban J connectivity index is 3.39. The van der Waals surface area contributed by atoms with Crippen LogP contribution in [0.5, 0.6) is 5.75 Å². The van der Waals surface area contributed by atoms with Crippen LogP contribution in [0.2, 0.25) is 0 Å². The normalized spacial score (nSPS) is 47.1. The quantitative estimate of drug-likeness (QED) is 0.906. The predicted molar refractivity (Wildman–Crippen MR) is 82.3 cm³/mol. The first kappa shape index (κ1) is 4.47. The smallest absolute Gasteiger partial charge is 0.118 e. The maximum Gasteiger partial charge on any atom is 0.118 e. The van der Waals surface area contributed by atoms with Crippen LogP contribution in [0.1, 0.15) is 66.6 Å². The number of ether oxygens (including phenoxy) is 1. The summed E-state index contributed by atoms with van der Waals surface area (Å²) < 4.78 is 147. The molecule has 3 heteroatoms. The van der Waals surface area contributed by atoms with Gasteiger partial charge in [-0.05, 0) is 44.5 Å². The van der Waals surface area contributed by atoms with Crippen molar-refractivity contribution in [3.63, 3.8) is 0 Å². The lowest BCUT2D eigenvalue weighted by molar-refractivity contribution is -0.0277. The third-order valence-electron chi connectivity index (χ3n) is 2.37. The highest BCUT2D eigenvalue weighted by atomic mass is 16.5. The SMILES string of the molecule is [2H]c1c([2H])c([C@@]([2H])(C([2H])([2H])N(C)C)C2(O)C([2H])([2H])C([2H])([2H])C([2H])([2H])C([2H])([2H])C2([2H])[2H])c([2H])c([2H])c1OC. The van der Waals surface area contributed by atoms with Gasteiger partial charge in [-0.25, -0.2) is 0 Å². The molecule has 1 aromatic rings. The minimum absolute atomic E-state index is 0.509. The van der Waals surface area contributed by atoms with Gasteiger partial charge in [0.25, 0.3) is 0 Å². The summed E-state index contributed by atoms with van der Waals surface area (Å²) in [5, 5.41) is 12.0. The van der Waals surface area contributed by atoms with Gasteiger partial charge >= 0.3 is 0 Å². The fourth-order valence-electron chi connectivity index (χ4n) is 1.50. The fourth-order valence-corrected chi connectivity index (χ4v) is 1.50. The molecule has 112 valence electrons. The van der Waals surface area contributed by atoms with Crippen LogP contribution in [0.4, 0.5) is 0 Å². The molecule has 0 saturated heterocycles. The van der Waals surface area contributed by atoms with E-state index in [0.29, 0.717) is 4.90 Å². The molecule has 0 bridgehead atoms. The molecule has 1 saturated carbocycles. The van der Waals surface area contributed by atoms with E-state index in [1.807, 2.05) is 0 Å². The van der Waals surface area contributed by atoms with Gasteiger partial charge in [0.05, 0.1) is 18.2 Å². The number of hydrogen-bond acceptors (Lipinski definition) is 3. The van der Waals surface area contributed by atoms with Crippen LogP contribution >= 0.6 is 0 Å². The molecular weight excluding hydrogens is 250 g/mol. The van der Waals surface area contributed by atoms with Crippen LogP contribution in [0.15, 0.2) is 24.2 Å². The van der Waals surface area contributed by atoms with Crippen molar-refractivity contribution in [2.45, 2.75) is 43.4 Å². The van der Waals surface area contributed by atoms with Crippen molar-refractivity contribution in [2.24, 2.45) is 0 Å². The molecule has 1 fully saturated rings. The first-order valence-electron chi connectivity index (χ1n) is 14.2. The van der Waals surface area contributed by atoms with E-state index in [-0.39, 0.29) is 0 Å². The Morgan fingerprint density at radius 2 is 2.00 bits per heavy atom. The molecule has 1 aliphatic rings. The zero-order valence-corrected chi connectivity index (χ0v) is 11.3. The largest absolute Gasteiger partial charge is 0.497 e. The number of nitrogens with zero attached hydrogens (tertiary/aromatic N) is 1. The van der Waals surface area contributed by atoms with Crippen LogP contribution in [0.3, 0.4) is 0 Å². The molecule has 1 aromatic carbocycles. The lowest BCUT2D eigenvalue weighted by Gasteiger charge is -2.40. The van der Waals surface area contributed by atoms with Crippen molar-refractivity contribution in [3.05, 3.63) is 29.7 Å². The lowest BCUT2D eigenvalue weighted by Crippen LogP contribution is -2.42. The molecule has 0 aliphatic heterocycles. The van der Waals surface area contributed by atoms with E-state index >= 15 is 0 Å². The van der Waals surface area contributed by atoms with Gasteiger partial charge < -0.3 is 14.7 Å². The Morgan fingerprint density at radius 1 is 1.40 bits per heavy atom. The number of methoxy groups -OCH3 is 1. The van der Waals surface area contributed by atoms with Gasteiger partial charge in [0, 0.05) is 30.2 Å². The molecule has 0 radical (unpaired) electrons. The first-order valence-corrected chi connectivity index (χ1v) is 5.70. The van der Waals surface area contributed by atoms with E-state index in [1.165, 1.54) is 0 Å². The van der Waals surface area contributed by atoms with Gasteiger partial charge in [0.2, 0.25) is 0 Å². The van der Waals surface area contributed by atoms with Gasteiger partial charge in [0.1, 0.15) is 5.75 Å². The van der Waals surface area contributed by atoms with Gasteiger partial charge in [-0.1, -0.05) is 31.2 Å². The van der Waals surface area contributed by atoms with Crippen molar-refractivity contribution in [3.8, 4) is 5.75 Å². The summed E-state index contributed by atoms with van der Waals surface area (Å²) in [5.41, 5.74) is -5.97. The molecule has 0 unspecified atom stereocenters. The summed E-state index contributed by atoms with van der Waals surface area (Å²) in [6.45, 7) is -3.57. The summed E-state index contributed by atoms with van der Waals surface area (Å²) in [5.74, 6) is -4.77. The fraction of sp³-hybridized carbons (Fsp3) is 0.647. The number of benzene rings is 1. The van der Waals surface area contributed by atoms with Crippen molar-refractivity contribution in [2.75, 3.05) is 27.7 Å². The van der Waals surface area contributed by atoms with Crippen LogP contribution in [-0.2, 0) is 0 Å². The third-order valence-corrected chi connectivity index (χ3v) is 2.37. The number of likely N-dealkylation sites (N-methyl/N-ethyl adjacent to an activating group) is 1. The standard InChI is InChI=1S/C17H27NO2/c1-18(2)13-16(17(19)11-5-4-6-12-17)14-7-9-15(20-3)10-8-14/h7-10,16,19H,4-6,11-13H2,1-3H3/t16-/m1/s1/i4D2,5D2,6D2,7D,8D,9D,10D,11D2,12D2,13D2,16D. The molecule has 0 spiro atoms. The molecule has 1 N–H and O–H groups in total. The number of rotatable bonds is 5. The zero-order valence-electron chi connectivity index (χ0n) is 28.3. The highest BCUT2D eigenvalue weighted by Crippen LogP contribution is 2.40. The molecule has 0 heterocycles. The summed E-state index contributed by atoms with van der Waals surface area (Å²) in [6.07, 6.45) is -20.9. The molecule has 3 nitrogen and oxygen atoms in total. The second-order valence-electron chi connectivity index (χ2n) is 4.12. The third kappa shape index (κ3) is 3.53. The van der Waals surface area contributed by atoms with E-state index in [1.54, 1.807) is 0 Å². The van der Waals surface area contributed by atoms with Gasteiger partial charge in [-0.15, -0.1) is 0 Å². The molecule has 1 aliphatic carbocycles. The minimum atomic E-state index is -4.54. The van der Waals surface area contributed by atoms with Crippen LogP contribution < -0.4 is 4.74 Å². The molecule has 1 atom stereocenters. The summed E-state index contributed by atoms with van der Waals surface area (Å²) in [7, 11) is 2.88. The highest BCUT2D eigenvalue weighted by molar-refractivity contribution is 5.31. The average Bonchev–Trinajstić information content (AvgIpc) is 2.75. The molecule has 2 rings (SSSR count). The van der Waals surface area contributed by atoms with Crippen molar-refractivity contribution >= 4 is 0 Å². The maximum absolute atomic E-state index is 12.0. The van der Waals surface area contributed by atoms with E-state index in [0.717, 1.165) is 21.2 Å². The van der Waals surface area contributed by atoms with Gasteiger partial charge in [0.15, 0.2) is 0 Å². The van der Waals surface area contributed by atoms with Crippen LogP contribution in [-0.4, -0.2) is 43.3 Å². The summed E-state index contributed by atoms with van der Waals surface area (Å²) >= 11 is 0. The van der Waals surface area contributed by atoms with E-state index in [9.17, 15) is 6.48 Å². The minimum Gasteiger partial charge on any atom is -0.497 e. The maximum atomic E-state index is 12.0. The molecule has 20 heavy (non-hydrogen) atoms. The van der Waals surface area contributed by atoms with Crippen LogP contribution in [0.25, 0.3) is 0 Å². The average molecular weight is 295 g/mol. The first-order chi connectivity index (χ1) is 16.2. The van der Waals surface area contributed by atoms with E-state index in [2.05, 4.69) is 0 Å². The Labute approximate surface area is 146 Å². The Hall–Kier alpha value is -1.06. The van der Waals surface area contributed by atoms with Gasteiger partial charge in [-0.3, -0.25) is 0 Å². The second kappa shape index (κ2) is 6.59.